The third kappa shape index (κ3) is 4.62. The standard InChI is InChI=1S/C30H27NO3/c1-22-17-19-23(20-18-22)21-27(28(32)33)31-29(34)30(24-11-5-2-6-12-24,25-13-7-3-8-14-25)26-15-9-4-10-16-26/h2-20,27H,21H2,1H3,(H,31,34)(H,32,33)/t27-/m1/s1. The number of benzene rings is 4. The van der Waals surface area contributed by atoms with E-state index in [0.717, 1.165) is 27.8 Å². The molecule has 4 nitrogen and oxygen atoms in total. The van der Waals surface area contributed by atoms with Gasteiger partial charge in [-0.05, 0) is 29.2 Å². The molecule has 0 aliphatic carbocycles. The predicted molar refractivity (Wildman–Crippen MR) is 134 cm³/mol. The number of carbonyl (C=O) groups is 2. The van der Waals surface area contributed by atoms with Gasteiger partial charge in [-0.2, -0.15) is 0 Å². The highest BCUT2D eigenvalue weighted by molar-refractivity contribution is 5.98. The number of carboxylic acids is 1. The average molecular weight is 450 g/mol. The molecular weight excluding hydrogens is 422 g/mol. The van der Waals surface area contributed by atoms with E-state index in [1.54, 1.807) is 0 Å². The van der Waals surface area contributed by atoms with Crippen molar-refractivity contribution >= 4 is 11.9 Å². The number of hydrogen-bond donors (Lipinski definition) is 2. The van der Waals surface area contributed by atoms with Crippen LogP contribution in [0.5, 0.6) is 0 Å². The molecule has 0 saturated carbocycles. The van der Waals surface area contributed by atoms with Gasteiger partial charge in [-0.25, -0.2) is 4.79 Å². The van der Waals surface area contributed by atoms with Crippen molar-refractivity contribution in [3.05, 3.63) is 143 Å². The quantitative estimate of drug-likeness (QED) is 0.366. The monoisotopic (exact) mass is 449 g/mol. The van der Waals surface area contributed by atoms with Crippen molar-refractivity contribution in [1.29, 1.82) is 0 Å². The summed E-state index contributed by atoms with van der Waals surface area (Å²) in [5, 5.41) is 12.9. The maximum Gasteiger partial charge on any atom is 0.326 e. The van der Waals surface area contributed by atoms with E-state index in [4.69, 9.17) is 0 Å². The highest BCUT2D eigenvalue weighted by atomic mass is 16.4. The molecule has 1 amide bonds. The van der Waals surface area contributed by atoms with E-state index in [2.05, 4.69) is 5.32 Å². The second-order valence-corrected chi connectivity index (χ2v) is 8.40. The van der Waals surface area contributed by atoms with Crippen molar-refractivity contribution in [2.45, 2.75) is 24.8 Å². The van der Waals surface area contributed by atoms with Crippen molar-refractivity contribution in [2.24, 2.45) is 0 Å². The third-order valence-corrected chi connectivity index (χ3v) is 6.12. The van der Waals surface area contributed by atoms with E-state index >= 15 is 0 Å². The number of nitrogens with one attached hydrogen (secondary N) is 1. The second kappa shape index (κ2) is 10.2. The molecule has 1 atom stereocenters. The molecule has 0 unspecified atom stereocenters. The van der Waals surface area contributed by atoms with Gasteiger partial charge in [-0.15, -0.1) is 0 Å². The van der Waals surface area contributed by atoms with Gasteiger partial charge in [0.1, 0.15) is 11.5 Å². The second-order valence-electron chi connectivity index (χ2n) is 8.40. The van der Waals surface area contributed by atoms with Crippen LogP contribution >= 0.6 is 0 Å². The molecule has 170 valence electrons. The smallest absolute Gasteiger partial charge is 0.326 e. The Bertz CT molecular complexity index is 1140. The molecule has 34 heavy (non-hydrogen) atoms. The number of amides is 1. The van der Waals surface area contributed by atoms with Gasteiger partial charge in [-0.3, -0.25) is 4.79 Å². The van der Waals surface area contributed by atoms with Gasteiger partial charge in [0.2, 0.25) is 5.91 Å². The van der Waals surface area contributed by atoms with Gasteiger partial charge in [0.25, 0.3) is 0 Å². The lowest BCUT2D eigenvalue weighted by atomic mass is 9.68. The van der Waals surface area contributed by atoms with Crippen LogP contribution in [0, 0.1) is 6.92 Å². The molecule has 0 bridgehead atoms. The van der Waals surface area contributed by atoms with Crippen LogP contribution in [0.2, 0.25) is 0 Å². The molecule has 0 radical (unpaired) electrons. The minimum Gasteiger partial charge on any atom is -0.480 e. The topological polar surface area (TPSA) is 66.4 Å². The number of aryl methyl sites for hydroxylation is 1. The Morgan fingerprint density at radius 3 is 1.50 bits per heavy atom. The van der Waals surface area contributed by atoms with Crippen molar-refractivity contribution < 1.29 is 14.7 Å². The normalized spacial score (nSPS) is 12.0. The Labute approximate surface area is 199 Å². The lowest BCUT2D eigenvalue weighted by molar-refractivity contribution is -0.142. The minimum atomic E-state index is -1.22. The summed E-state index contributed by atoms with van der Waals surface area (Å²) in [7, 11) is 0. The van der Waals surface area contributed by atoms with Gasteiger partial charge in [0, 0.05) is 6.42 Å². The maximum absolute atomic E-state index is 14.3. The van der Waals surface area contributed by atoms with E-state index in [-0.39, 0.29) is 12.3 Å². The fourth-order valence-electron chi connectivity index (χ4n) is 4.38. The first kappa shape index (κ1) is 23.0. The van der Waals surface area contributed by atoms with Crippen LogP contribution in [0.3, 0.4) is 0 Å². The van der Waals surface area contributed by atoms with E-state index in [9.17, 15) is 14.7 Å². The fourth-order valence-corrected chi connectivity index (χ4v) is 4.38. The Morgan fingerprint density at radius 1 is 0.706 bits per heavy atom. The summed E-state index contributed by atoms with van der Waals surface area (Å²) in [6.45, 7) is 1.98. The number of hydrogen-bond acceptors (Lipinski definition) is 2. The Kier molecular flexibility index (Phi) is 6.88. The average Bonchev–Trinajstić information content (AvgIpc) is 2.87. The summed E-state index contributed by atoms with van der Waals surface area (Å²) < 4.78 is 0. The first-order valence-electron chi connectivity index (χ1n) is 11.3. The Balaban J connectivity index is 1.83. The van der Waals surface area contributed by atoms with Gasteiger partial charge >= 0.3 is 5.97 Å². The maximum atomic E-state index is 14.3. The molecule has 4 rings (SSSR count). The zero-order chi connectivity index (χ0) is 24.0. The number of aliphatic carboxylic acids is 1. The molecule has 4 aromatic carbocycles. The van der Waals surface area contributed by atoms with Gasteiger partial charge in [-0.1, -0.05) is 121 Å². The summed E-state index contributed by atoms with van der Waals surface area (Å²) in [5.74, 6) is -1.45. The molecule has 0 aliphatic rings. The summed E-state index contributed by atoms with van der Waals surface area (Å²) in [4.78, 5) is 26.5. The zero-order valence-electron chi connectivity index (χ0n) is 19.0. The first-order chi connectivity index (χ1) is 16.5. The van der Waals surface area contributed by atoms with Crippen molar-refractivity contribution in [3.63, 3.8) is 0 Å². The fraction of sp³-hybridized carbons (Fsp3) is 0.133. The molecular formula is C30H27NO3. The van der Waals surface area contributed by atoms with Crippen molar-refractivity contribution in [2.75, 3.05) is 0 Å². The molecule has 4 heteroatoms. The first-order valence-corrected chi connectivity index (χ1v) is 11.3. The molecule has 0 saturated heterocycles. The lowest BCUT2D eigenvalue weighted by Gasteiger charge is -2.35. The largest absolute Gasteiger partial charge is 0.480 e. The molecule has 0 aliphatic heterocycles. The summed E-state index contributed by atoms with van der Waals surface area (Å²) in [6.07, 6.45) is 0.190. The van der Waals surface area contributed by atoms with E-state index in [0.29, 0.717) is 0 Å². The molecule has 0 spiro atoms. The highest BCUT2D eigenvalue weighted by Crippen LogP contribution is 2.39. The van der Waals surface area contributed by atoms with Crippen LogP contribution in [0.1, 0.15) is 27.8 Å². The van der Waals surface area contributed by atoms with Crippen LogP contribution in [0.25, 0.3) is 0 Å². The van der Waals surface area contributed by atoms with Crippen LogP contribution in [-0.4, -0.2) is 23.0 Å². The van der Waals surface area contributed by atoms with E-state index in [1.165, 1.54) is 0 Å². The zero-order valence-corrected chi connectivity index (χ0v) is 19.0. The number of rotatable bonds is 8. The van der Waals surface area contributed by atoms with Gasteiger partial charge in [0.05, 0.1) is 0 Å². The third-order valence-electron chi connectivity index (χ3n) is 6.12. The minimum absolute atomic E-state index is 0.190. The van der Waals surface area contributed by atoms with Crippen molar-refractivity contribution in [1.82, 2.24) is 5.32 Å². The summed E-state index contributed by atoms with van der Waals surface area (Å²) in [6, 6.07) is 35.1. The molecule has 0 fully saturated rings. The summed E-state index contributed by atoms with van der Waals surface area (Å²) in [5.41, 5.74) is 3.03. The van der Waals surface area contributed by atoms with Crippen LogP contribution in [-0.2, 0) is 21.4 Å². The van der Waals surface area contributed by atoms with Crippen molar-refractivity contribution in [3.8, 4) is 0 Å². The Hall–Kier alpha value is -4.18. The number of carboxylic acid groups (broad SMARTS) is 1. The molecule has 0 heterocycles. The lowest BCUT2D eigenvalue weighted by Crippen LogP contribution is -2.52. The van der Waals surface area contributed by atoms with Crippen LogP contribution in [0.15, 0.2) is 115 Å². The molecule has 4 aromatic rings. The van der Waals surface area contributed by atoms with Crippen LogP contribution < -0.4 is 5.32 Å². The number of carbonyl (C=O) groups excluding carboxylic acids is 1. The Morgan fingerprint density at radius 2 is 1.12 bits per heavy atom. The van der Waals surface area contributed by atoms with Gasteiger partial charge < -0.3 is 10.4 Å². The molecule has 0 aromatic heterocycles. The summed E-state index contributed by atoms with van der Waals surface area (Å²) >= 11 is 0. The van der Waals surface area contributed by atoms with E-state index < -0.39 is 17.4 Å². The SMILES string of the molecule is Cc1ccc(C[C@@H](NC(=O)C(c2ccccc2)(c2ccccc2)c2ccccc2)C(=O)O)cc1. The highest BCUT2D eigenvalue weighted by Gasteiger charge is 2.45. The van der Waals surface area contributed by atoms with E-state index in [1.807, 2.05) is 122 Å². The molecule has 2 N–H and O–H groups in total. The van der Waals surface area contributed by atoms with Crippen LogP contribution in [0.4, 0.5) is 0 Å². The van der Waals surface area contributed by atoms with Gasteiger partial charge in [0.15, 0.2) is 0 Å². The predicted octanol–water partition coefficient (Wildman–Crippen LogP) is 5.14.